The zero-order valence-electron chi connectivity index (χ0n) is 7.72. The lowest BCUT2D eigenvalue weighted by Crippen LogP contribution is -1.89. The van der Waals surface area contributed by atoms with Crippen molar-refractivity contribution in [1.82, 2.24) is 9.97 Å². The maximum absolute atomic E-state index is 10.5. The van der Waals surface area contributed by atoms with Crippen molar-refractivity contribution in [2.45, 2.75) is 0 Å². The Bertz CT molecular complexity index is 485. The summed E-state index contributed by atoms with van der Waals surface area (Å²) in [6, 6.07) is 7.08. The number of aldehydes is 1. The van der Waals surface area contributed by atoms with Crippen molar-refractivity contribution < 1.29 is 4.79 Å². The molecule has 0 bridgehead atoms. The molecule has 0 aliphatic rings. The molecule has 0 spiro atoms. The first-order valence-electron chi connectivity index (χ1n) is 4.33. The highest BCUT2D eigenvalue weighted by molar-refractivity contribution is 6.32. The van der Waals surface area contributed by atoms with Gasteiger partial charge in [0.15, 0.2) is 6.29 Å². The maximum atomic E-state index is 10.5. The van der Waals surface area contributed by atoms with Crippen molar-refractivity contribution in [1.29, 1.82) is 0 Å². The molecule has 0 aliphatic heterocycles. The fourth-order valence-electron chi connectivity index (χ4n) is 1.26. The highest BCUT2D eigenvalue weighted by Crippen LogP contribution is 2.25. The normalized spacial score (nSPS) is 9.93. The van der Waals surface area contributed by atoms with Gasteiger partial charge in [0.1, 0.15) is 10.8 Å². The molecule has 0 saturated carbocycles. The Kier molecular flexibility index (Phi) is 2.74. The smallest absolute Gasteiger partial charge is 0.168 e. The Morgan fingerprint density at radius 3 is 2.47 bits per heavy atom. The van der Waals surface area contributed by atoms with Crippen LogP contribution in [-0.2, 0) is 0 Å². The van der Waals surface area contributed by atoms with Crippen LogP contribution in [0, 0.1) is 0 Å². The topological polar surface area (TPSA) is 42.9 Å². The molecular formula is C11H7ClN2O. The van der Waals surface area contributed by atoms with E-state index in [0.717, 1.165) is 11.1 Å². The molecule has 0 unspecified atom stereocenters. The highest BCUT2D eigenvalue weighted by atomic mass is 35.5. The number of carbonyl (C=O) groups excluding carboxylic acids is 1. The van der Waals surface area contributed by atoms with Gasteiger partial charge in [-0.15, -0.1) is 0 Å². The van der Waals surface area contributed by atoms with Gasteiger partial charge in [0, 0.05) is 18.0 Å². The summed E-state index contributed by atoms with van der Waals surface area (Å²) in [6.07, 6.45) is 4.03. The van der Waals surface area contributed by atoms with Gasteiger partial charge < -0.3 is 0 Å². The van der Waals surface area contributed by atoms with Crippen LogP contribution in [0.2, 0.25) is 5.15 Å². The fourth-order valence-corrected chi connectivity index (χ4v) is 1.53. The lowest BCUT2D eigenvalue weighted by atomic mass is 10.1. The summed E-state index contributed by atoms with van der Waals surface area (Å²) in [5.41, 5.74) is 2.06. The number of rotatable bonds is 2. The Morgan fingerprint density at radius 2 is 1.87 bits per heavy atom. The number of hydrogen-bond acceptors (Lipinski definition) is 3. The predicted octanol–water partition coefficient (Wildman–Crippen LogP) is 2.61. The van der Waals surface area contributed by atoms with E-state index >= 15 is 0 Å². The summed E-state index contributed by atoms with van der Waals surface area (Å²) in [6.45, 7) is 0. The van der Waals surface area contributed by atoms with Gasteiger partial charge >= 0.3 is 0 Å². The first-order valence-corrected chi connectivity index (χ1v) is 4.71. The third-order valence-corrected chi connectivity index (χ3v) is 2.27. The van der Waals surface area contributed by atoms with E-state index in [0.29, 0.717) is 17.1 Å². The zero-order chi connectivity index (χ0) is 10.7. The van der Waals surface area contributed by atoms with Crippen LogP contribution < -0.4 is 0 Å². The second kappa shape index (κ2) is 4.19. The van der Waals surface area contributed by atoms with Crippen molar-refractivity contribution >= 4 is 17.9 Å². The molecule has 3 nitrogen and oxygen atoms in total. The number of aromatic nitrogens is 2. The molecule has 0 amide bonds. The van der Waals surface area contributed by atoms with E-state index in [1.54, 1.807) is 24.5 Å². The van der Waals surface area contributed by atoms with Crippen molar-refractivity contribution in [3.05, 3.63) is 47.5 Å². The Hall–Kier alpha value is -1.74. The van der Waals surface area contributed by atoms with Gasteiger partial charge in [0.25, 0.3) is 0 Å². The van der Waals surface area contributed by atoms with Gasteiger partial charge in [-0.05, 0) is 29.8 Å². The number of carbonyl (C=O) groups is 1. The third-order valence-electron chi connectivity index (χ3n) is 1.98. The molecule has 0 aromatic carbocycles. The molecule has 15 heavy (non-hydrogen) atoms. The summed E-state index contributed by atoms with van der Waals surface area (Å²) < 4.78 is 0. The zero-order valence-corrected chi connectivity index (χ0v) is 8.48. The van der Waals surface area contributed by atoms with Gasteiger partial charge in [-0.3, -0.25) is 9.78 Å². The predicted molar refractivity (Wildman–Crippen MR) is 57.9 cm³/mol. The molecule has 0 atom stereocenters. The molecule has 0 aliphatic carbocycles. The van der Waals surface area contributed by atoms with Crippen molar-refractivity contribution in [2.24, 2.45) is 0 Å². The number of nitrogens with zero attached hydrogens (tertiary/aromatic N) is 2. The van der Waals surface area contributed by atoms with Crippen molar-refractivity contribution in [3.63, 3.8) is 0 Å². The first kappa shape index (κ1) is 9.80. The van der Waals surface area contributed by atoms with E-state index in [-0.39, 0.29) is 0 Å². The molecule has 74 valence electrons. The molecule has 0 fully saturated rings. The number of hydrogen-bond donors (Lipinski definition) is 0. The molecule has 4 heteroatoms. The quantitative estimate of drug-likeness (QED) is 0.575. The van der Waals surface area contributed by atoms with Crippen LogP contribution in [0.3, 0.4) is 0 Å². The van der Waals surface area contributed by atoms with Gasteiger partial charge in [0.05, 0.1) is 0 Å². The molecule has 2 rings (SSSR count). The minimum absolute atomic E-state index is 0.325. The second-order valence-corrected chi connectivity index (χ2v) is 3.29. The molecule has 2 aromatic rings. The maximum Gasteiger partial charge on any atom is 0.168 e. The minimum Gasteiger partial charge on any atom is -0.296 e. The number of pyridine rings is 2. The average molecular weight is 219 g/mol. The van der Waals surface area contributed by atoms with E-state index in [4.69, 9.17) is 11.6 Å². The standard InChI is InChI=1S/C11H7ClN2O/c12-11-10(2-1-9(7-15)14-11)8-3-5-13-6-4-8/h1-7H. The molecule has 0 saturated heterocycles. The molecular weight excluding hydrogens is 212 g/mol. The van der Waals surface area contributed by atoms with Crippen molar-refractivity contribution in [3.8, 4) is 11.1 Å². The van der Waals surface area contributed by atoms with E-state index in [2.05, 4.69) is 9.97 Å². The summed E-state index contributed by atoms with van der Waals surface area (Å²) >= 11 is 5.95. The van der Waals surface area contributed by atoms with E-state index in [1.807, 2.05) is 12.1 Å². The van der Waals surface area contributed by atoms with E-state index < -0.39 is 0 Å². The first-order chi connectivity index (χ1) is 7.31. The van der Waals surface area contributed by atoms with E-state index in [9.17, 15) is 4.79 Å². The Balaban J connectivity index is 2.51. The third kappa shape index (κ3) is 2.02. The molecule has 0 N–H and O–H groups in total. The molecule has 2 heterocycles. The van der Waals surface area contributed by atoms with Crippen LogP contribution in [-0.4, -0.2) is 16.3 Å². The Labute approximate surface area is 91.8 Å². The largest absolute Gasteiger partial charge is 0.296 e. The highest BCUT2D eigenvalue weighted by Gasteiger charge is 2.04. The SMILES string of the molecule is O=Cc1ccc(-c2ccncc2)c(Cl)n1. The summed E-state index contributed by atoms with van der Waals surface area (Å²) in [5, 5.41) is 0.325. The number of halogens is 1. The van der Waals surface area contributed by atoms with Crippen molar-refractivity contribution in [2.75, 3.05) is 0 Å². The average Bonchev–Trinajstić information content (AvgIpc) is 2.30. The van der Waals surface area contributed by atoms with Crippen LogP contribution >= 0.6 is 11.6 Å². The van der Waals surface area contributed by atoms with E-state index in [1.165, 1.54) is 0 Å². The van der Waals surface area contributed by atoms with Crippen LogP contribution in [0.15, 0.2) is 36.7 Å². The fraction of sp³-hybridized carbons (Fsp3) is 0. The molecule has 2 aromatic heterocycles. The second-order valence-electron chi connectivity index (χ2n) is 2.93. The van der Waals surface area contributed by atoms with Gasteiger partial charge in [-0.25, -0.2) is 4.98 Å². The lowest BCUT2D eigenvalue weighted by Gasteiger charge is -2.03. The summed E-state index contributed by atoms with van der Waals surface area (Å²) in [5.74, 6) is 0. The summed E-state index contributed by atoms with van der Waals surface area (Å²) in [7, 11) is 0. The molecule has 0 radical (unpaired) electrons. The van der Waals surface area contributed by atoms with Gasteiger partial charge in [0.2, 0.25) is 0 Å². The van der Waals surface area contributed by atoms with Crippen LogP contribution in [0.1, 0.15) is 10.5 Å². The van der Waals surface area contributed by atoms with Gasteiger partial charge in [-0.2, -0.15) is 0 Å². The Morgan fingerprint density at radius 1 is 1.13 bits per heavy atom. The van der Waals surface area contributed by atoms with Crippen LogP contribution in [0.25, 0.3) is 11.1 Å². The lowest BCUT2D eigenvalue weighted by molar-refractivity contribution is 0.111. The monoisotopic (exact) mass is 218 g/mol. The summed E-state index contributed by atoms with van der Waals surface area (Å²) in [4.78, 5) is 18.3. The van der Waals surface area contributed by atoms with Crippen LogP contribution in [0.5, 0.6) is 0 Å². The minimum atomic E-state index is 0.325. The van der Waals surface area contributed by atoms with Gasteiger partial charge in [-0.1, -0.05) is 11.6 Å². The van der Waals surface area contributed by atoms with Crippen LogP contribution in [0.4, 0.5) is 0 Å².